The molecule has 0 aromatic heterocycles. The molecule has 3 nitrogen and oxygen atoms in total. The van der Waals surface area contributed by atoms with Gasteiger partial charge in [0.1, 0.15) is 17.2 Å². The van der Waals surface area contributed by atoms with E-state index in [1.165, 1.54) is 12.0 Å². The number of methoxy groups -OCH3 is 1. The van der Waals surface area contributed by atoms with Crippen molar-refractivity contribution in [2.24, 2.45) is 0 Å². The fourth-order valence-electron chi connectivity index (χ4n) is 1.92. The van der Waals surface area contributed by atoms with Crippen LogP contribution in [-0.2, 0) is 4.74 Å². The zero-order valence-corrected chi connectivity index (χ0v) is 12.0. The van der Waals surface area contributed by atoms with E-state index < -0.39 is 23.1 Å². The Kier molecular flexibility index (Phi) is 4.52. The van der Waals surface area contributed by atoms with E-state index in [1.807, 2.05) is 0 Å². The van der Waals surface area contributed by atoms with E-state index >= 15 is 0 Å². The Morgan fingerprint density at radius 1 is 1.42 bits per heavy atom. The standard InChI is InChI=1S/C13H14BrF2NO2/c1-19-5-4-17(9-2-3-9)13(18)12-10(15)6-8(14)7-11(12)16/h6-7,9H,2-5H2,1H3. The molecule has 1 saturated carbocycles. The average molecular weight is 334 g/mol. The first-order valence-electron chi connectivity index (χ1n) is 5.99. The minimum atomic E-state index is -0.847. The van der Waals surface area contributed by atoms with E-state index in [4.69, 9.17) is 4.74 Å². The molecule has 1 aliphatic carbocycles. The lowest BCUT2D eigenvalue weighted by molar-refractivity contribution is 0.0670. The van der Waals surface area contributed by atoms with Crippen LogP contribution in [0.2, 0.25) is 0 Å². The molecule has 0 radical (unpaired) electrons. The minimum absolute atomic E-state index is 0.0742. The molecular weight excluding hydrogens is 320 g/mol. The normalized spacial score (nSPS) is 14.5. The van der Waals surface area contributed by atoms with E-state index in [0.717, 1.165) is 25.0 Å². The lowest BCUT2D eigenvalue weighted by atomic mass is 10.1. The summed E-state index contributed by atoms with van der Waals surface area (Å²) in [7, 11) is 1.52. The molecular formula is C13H14BrF2NO2. The lowest BCUT2D eigenvalue weighted by Crippen LogP contribution is -2.36. The van der Waals surface area contributed by atoms with Gasteiger partial charge in [-0.05, 0) is 25.0 Å². The number of hydrogen-bond donors (Lipinski definition) is 0. The molecule has 0 N–H and O–H groups in total. The SMILES string of the molecule is COCCN(C(=O)c1c(F)cc(Br)cc1F)C1CC1. The van der Waals surface area contributed by atoms with Crippen LogP contribution in [0.15, 0.2) is 16.6 Å². The van der Waals surface area contributed by atoms with Gasteiger partial charge in [0.05, 0.1) is 6.61 Å². The second kappa shape index (κ2) is 5.96. The van der Waals surface area contributed by atoms with Crippen LogP contribution in [0.3, 0.4) is 0 Å². The maximum absolute atomic E-state index is 13.8. The summed E-state index contributed by atoms with van der Waals surface area (Å²) in [4.78, 5) is 13.7. The average Bonchev–Trinajstić information content (AvgIpc) is 3.12. The van der Waals surface area contributed by atoms with Crippen molar-refractivity contribution in [2.75, 3.05) is 20.3 Å². The van der Waals surface area contributed by atoms with Gasteiger partial charge >= 0.3 is 0 Å². The number of amides is 1. The molecule has 1 aromatic rings. The topological polar surface area (TPSA) is 29.5 Å². The van der Waals surface area contributed by atoms with Crippen LogP contribution in [0.4, 0.5) is 8.78 Å². The number of halogens is 3. The molecule has 0 heterocycles. The van der Waals surface area contributed by atoms with Crippen molar-refractivity contribution in [3.63, 3.8) is 0 Å². The number of ether oxygens (including phenoxy) is 1. The monoisotopic (exact) mass is 333 g/mol. The highest BCUT2D eigenvalue weighted by molar-refractivity contribution is 9.10. The summed E-state index contributed by atoms with van der Waals surface area (Å²) >= 11 is 2.99. The molecule has 0 bridgehead atoms. The van der Waals surface area contributed by atoms with Crippen molar-refractivity contribution < 1.29 is 18.3 Å². The number of hydrogen-bond acceptors (Lipinski definition) is 2. The van der Waals surface area contributed by atoms with Gasteiger partial charge in [-0.2, -0.15) is 0 Å². The largest absolute Gasteiger partial charge is 0.383 e. The molecule has 1 fully saturated rings. The van der Waals surface area contributed by atoms with E-state index in [1.54, 1.807) is 0 Å². The summed E-state index contributed by atoms with van der Waals surface area (Å²) in [5, 5.41) is 0. The van der Waals surface area contributed by atoms with Gasteiger partial charge in [-0.25, -0.2) is 8.78 Å². The highest BCUT2D eigenvalue weighted by Gasteiger charge is 2.35. The van der Waals surface area contributed by atoms with Crippen molar-refractivity contribution in [1.29, 1.82) is 0 Å². The summed E-state index contributed by atoms with van der Waals surface area (Å²) < 4.78 is 32.8. The predicted molar refractivity (Wildman–Crippen MR) is 70.0 cm³/mol. The first kappa shape index (κ1) is 14.4. The van der Waals surface area contributed by atoms with Gasteiger partial charge in [0, 0.05) is 24.2 Å². The summed E-state index contributed by atoms with van der Waals surface area (Å²) in [6.45, 7) is 0.691. The predicted octanol–water partition coefficient (Wildman–Crippen LogP) is 2.98. The van der Waals surface area contributed by atoms with Crippen molar-refractivity contribution in [1.82, 2.24) is 4.90 Å². The number of carbonyl (C=O) groups excluding carboxylic acids is 1. The van der Waals surface area contributed by atoms with Crippen molar-refractivity contribution in [2.45, 2.75) is 18.9 Å². The second-order valence-corrected chi connectivity index (χ2v) is 5.38. The van der Waals surface area contributed by atoms with Crippen LogP contribution in [0.1, 0.15) is 23.2 Å². The third-order valence-electron chi connectivity index (χ3n) is 3.01. The molecule has 1 aromatic carbocycles. The van der Waals surface area contributed by atoms with E-state index in [9.17, 15) is 13.6 Å². The molecule has 0 aliphatic heterocycles. The van der Waals surface area contributed by atoms with Crippen LogP contribution in [-0.4, -0.2) is 37.1 Å². The molecule has 2 rings (SSSR count). The minimum Gasteiger partial charge on any atom is -0.383 e. The Morgan fingerprint density at radius 2 is 2.00 bits per heavy atom. The highest BCUT2D eigenvalue weighted by Crippen LogP contribution is 2.29. The summed E-state index contributed by atoms with van der Waals surface area (Å²) in [5.41, 5.74) is -0.494. The molecule has 0 atom stereocenters. The zero-order chi connectivity index (χ0) is 14.0. The Labute approximate surface area is 118 Å². The third-order valence-corrected chi connectivity index (χ3v) is 3.46. The maximum Gasteiger partial charge on any atom is 0.260 e. The Bertz CT molecular complexity index is 469. The van der Waals surface area contributed by atoms with Gasteiger partial charge in [0.2, 0.25) is 0 Å². The first-order valence-corrected chi connectivity index (χ1v) is 6.78. The maximum atomic E-state index is 13.8. The fraction of sp³-hybridized carbons (Fsp3) is 0.462. The second-order valence-electron chi connectivity index (χ2n) is 4.47. The van der Waals surface area contributed by atoms with Gasteiger partial charge < -0.3 is 9.64 Å². The molecule has 104 valence electrons. The number of benzene rings is 1. The van der Waals surface area contributed by atoms with Gasteiger partial charge in [-0.1, -0.05) is 15.9 Å². The molecule has 1 amide bonds. The molecule has 1 aliphatic rings. The van der Waals surface area contributed by atoms with Gasteiger partial charge in [0.25, 0.3) is 5.91 Å². The Hall–Kier alpha value is -1.01. The van der Waals surface area contributed by atoms with E-state index in [-0.39, 0.29) is 10.5 Å². The molecule has 0 spiro atoms. The van der Waals surface area contributed by atoms with Crippen LogP contribution < -0.4 is 0 Å². The van der Waals surface area contributed by atoms with Crippen LogP contribution in [0.25, 0.3) is 0 Å². The zero-order valence-electron chi connectivity index (χ0n) is 10.5. The quantitative estimate of drug-likeness (QED) is 0.829. The lowest BCUT2D eigenvalue weighted by Gasteiger charge is -2.22. The van der Waals surface area contributed by atoms with Crippen molar-refractivity contribution in [3.05, 3.63) is 33.8 Å². The van der Waals surface area contributed by atoms with Crippen LogP contribution in [0, 0.1) is 11.6 Å². The molecule has 6 heteroatoms. The summed E-state index contributed by atoms with van der Waals surface area (Å²) in [6.07, 6.45) is 1.74. The number of nitrogens with zero attached hydrogens (tertiary/aromatic N) is 1. The van der Waals surface area contributed by atoms with E-state index in [0.29, 0.717) is 13.2 Å². The van der Waals surface area contributed by atoms with Crippen molar-refractivity contribution >= 4 is 21.8 Å². The summed E-state index contributed by atoms with van der Waals surface area (Å²) in [5.74, 6) is -2.30. The number of carbonyl (C=O) groups is 1. The number of rotatable bonds is 5. The fourth-order valence-corrected chi connectivity index (χ4v) is 2.32. The van der Waals surface area contributed by atoms with Gasteiger partial charge in [0.15, 0.2) is 0 Å². The molecule has 0 unspecified atom stereocenters. The molecule has 0 saturated heterocycles. The van der Waals surface area contributed by atoms with Crippen molar-refractivity contribution in [3.8, 4) is 0 Å². The smallest absolute Gasteiger partial charge is 0.260 e. The highest BCUT2D eigenvalue weighted by atomic mass is 79.9. The van der Waals surface area contributed by atoms with Crippen LogP contribution in [0.5, 0.6) is 0 Å². The van der Waals surface area contributed by atoms with E-state index in [2.05, 4.69) is 15.9 Å². The summed E-state index contributed by atoms with van der Waals surface area (Å²) in [6, 6.07) is 2.26. The van der Waals surface area contributed by atoms with Gasteiger partial charge in [-0.15, -0.1) is 0 Å². The third kappa shape index (κ3) is 3.30. The van der Waals surface area contributed by atoms with Gasteiger partial charge in [-0.3, -0.25) is 4.79 Å². The first-order chi connectivity index (χ1) is 9.04. The molecule has 19 heavy (non-hydrogen) atoms. The van der Waals surface area contributed by atoms with Crippen LogP contribution >= 0.6 is 15.9 Å². The Balaban J connectivity index is 2.26. The Morgan fingerprint density at radius 3 is 2.47 bits per heavy atom.